The number of carbonyl (C=O) groups excluding carboxylic acids is 1. The van der Waals surface area contributed by atoms with E-state index in [1.807, 2.05) is 39.8 Å². The van der Waals surface area contributed by atoms with E-state index in [9.17, 15) is 14.7 Å². The second-order valence-electron chi connectivity index (χ2n) is 6.19. The van der Waals surface area contributed by atoms with E-state index in [0.717, 1.165) is 24.0 Å². The molecule has 0 spiro atoms. The fourth-order valence-electron chi connectivity index (χ4n) is 2.22. The number of carboxylic acid groups (broad SMARTS) is 1. The Labute approximate surface area is 143 Å². The number of aliphatic carboxylic acids is 1. The van der Waals surface area contributed by atoms with Crippen LogP contribution in [0.2, 0.25) is 0 Å². The largest absolute Gasteiger partial charge is 0.478 e. The van der Waals surface area contributed by atoms with Crippen LogP contribution < -0.4 is 0 Å². The molecule has 1 heterocycles. The molecule has 0 unspecified atom stereocenters. The third kappa shape index (κ3) is 7.27. The van der Waals surface area contributed by atoms with Gasteiger partial charge in [0.05, 0.1) is 0 Å². The second-order valence-corrected chi connectivity index (χ2v) is 6.19. The standard InChI is InChI=1S/C20H26O4/c1-14(2)7-5-9-17(20(22)23)10-6-8-15(3)11-12-18-16(4)13-19(21)24-18/h7,10-13H,5-6,8-9H2,1-4H3,(H,22,23)/b15-11+,17-10-,18-12-. The lowest BCUT2D eigenvalue weighted by Crippen LogP contribution is -2.00. The van der Waals surface area contributed by atoms with Gasteiger partial charge >= 0.3 is 11.9 Å². The maximum atomic E-state index is 11.2. The summed E-state index contributed by atoms with van der Waals surface area (Å²) < 4.78 is 5.05. The molecule has 0 bridgehead atoms. The van der Waals surface area contributed by atoms with Crippen molar-refractivity contribution < 1.29 is 19.4 Å². The average molecular weight is 330 g/mol. The van der Waals surface area contributed by atoms with Crippen molar-refractivity contribution in [3.63, 3.8) is 0 Å². The lowest BCUT2D eigenvalue weighted by molar-refractivity contribution is -0.133. The first-order valence-corrected chi connectivity index (χ1v) is 8.13. The average Bonchev–Trinajstić information content (AvgIpc) is 2.80. The van der Waals surface area contributed by atoms with Crippen LogP contribution in [0.25, 0.3) is 0 Å². The maximum absolute atomic E-state index is 11.2. The van der Waals surface area contributed by atoms with Crippen molar-refractivity contribution in [2.75, 3.05) is 0 Å². The van der Waals surface area contributed by atoms with Gasteiger partial charge in [-0.05, 0) is 65.0 Å². The molecular formula is C20H26O4. The van der Waals surface area contributed by atoms with Crippen molar-refractivity contribution in [3.05, 3.63) is 58.4 Å². The summed E-state index contributed by atoms with van der Waals surface area (Å²) in [7, 11) is 0. The lowest BCUT2D eigenvalue weighted by atomic mass is 10.0. The van der Waals surface area contributed by atoms with Crippen LogP contribution in [0, 0.1) is 0 Å². The summed E-state index contributed by atoms with van der Waals surface area (Å²) in [4.78, 5) is 22.4. The fourth-order valence-corrected chi connectivity index (χ4v) is 2.22. The minimum Gasteiger partial charge on any atom is -0.478 e. The Morgan fingerprint density at radius 1 is 1.17 bits per heavy atom. The number of carbonyl (C=O) groups is 2. The lowest BCUT2D eigenvalue weighted by Gasteiger charge is -2.02. The molecule has 1 rings (SSSR count). The van der Waals surface area contributed by atoms with Gasteiger partial charge in [0.2, 0.25) is 0 Å². The second kappa shape index (κ2) is 9.71. The quantitative estimate of drug-likeness (QED) is 0.392. The Hall–Kier alpha value is -2.36. The van der Waals surface area contributed by atoms with Gasteiger partial charge in [0.15, 0.2) is 0 Å². The van der Waals surface area contributed by atoms with Gasteiger partial charge in [-0.15, -0.1) is 0 Å². The smallest absolute Gasteiger partial charge is 0.336 e. The monoisotopic (exact) mass is 330 g/mol. The SMILES string of the molecule is CC(C)=CCC/C(=C/CC/C(C)=C/C=C1\OC(=O)C=C1C)C(=O)O. The Morgan fingerprint density at radius 3 is 2.38 bits per heavy atom. The van der Waals surface area contributed by atoms with Crippen molar-refractivity contribution >= 4 is 11.9 Å². The van der Waals surface area contributed by atoms with Crippen molar-refractivity contribution in [1.82, 2.24) is 0 Å². The van der Waals surface area contributed by atoms with Crippen LogP contribution in [-0.4, -0.2) is 17.0 Å². The molecule has 0 aliphatic carbocycles. The van der Waals surface area contributed by atoms with Gasteiger partial charge in [-0.1, -0.05) is 29.4 Å². The molecule has 0 saturated heterocycles. The van der Waals surface area contributed by atoms with Crippen molar-refractivity contribution in [3.8, 4) is 0 Å². The predicted molar refractivity (Wildman–Crippen MR) is 95.3 cm³/mol. The highest BCUT2D eigenvalue weighted by atomic mass is 16.5. The molecule has 1 N–H and O–H groups in total. The topological polar surface area (TPSA) is 63.6 Å². The first-order chi connectivity index (χ1) is 11.3. The highest BCUT2D eigenvalue weighted by Gasteiger charge is 2.14. The first kappa shape index (κ1) is 19.7. The van der Waals surface area contributed by atoms with Gasteiger partial charge in [-0.25, -0.2) is 9.59 Å². The molecular weight excluding hydrogens is 304 g/mol. The minimum absolute atomic E-state index is 0.338. The molecule has 4 heteroatoms. The zero-order valence-electron chi connectivity index (χ0n) is 14.9. The molecule has 0 aromatic rings. The van der Waals surface area contributed by atoms with Gasteiger partial charge in [-0.2, -0.15) is 0 Å². The van der Waals surface area contributed by atoms with Crippen LogP contribution in [0.5, 0.6) is 0 Å². The molecule has 0 atom stereocenters. The normalized spacial score (nSPS) is 16.9. The van der Waals surface area contributed by atoms with E-state index < -0.39 is 5.97 Å². The van der Waals surface area contributed by atoms with Crippen LogP contribution in [0.3, 0.4) is 0 Å². The van der Waals surface area contributed by atoms with Gasteiger partial charge in [0, 0.05) is 11.6 Å². The Bertz CT molecular complexity index is 639. The van der Waals surface area contributed by atoms with E-state index in [2.05, 4.69) is 0 Å². The van der Waals surface area contributed by atoms with Crippen LogP contribution in [0.15, 0.2) is 58.4 Å². The van der Waals surface area contributed by atoms with Crippen molar-refractivity contribution in [2.24, 2.45) is 0 Å². The zero-order chi connectivity index (χ0) is 18.1. The number of cyclic esters (lactones) is 1. The molecule has 0 saturated carbocycles. The molecule has 1 aliphatic heterocycles. The zero-order valence-corrected chi connectivity index (χ0v) is 14.9. The van der Waals surface area contributed by atoms with Gasteiger partial charge in [-0.3, -0.25) is 0 Å². The summed E-state index contributed by atoms with van der Waals surface area (Å²) in [6.07, 6.45) is 11.7. The molecule has 0 radical (unpaired) electrons. The molecule has 1 aliphatic rings. The Kier molecular flexibility index (Phi) is 7.96. The highest BCUT2D eigenvalue weighted by molar-refractivity contribution is 5.88. The molecule has 130 valence electrons. The Morgan fingerprint density at radius 2 is 1.83 bits per heavy atom. The van der Waals surface area contributed by atoms with Crippen LogP contribution in [-0.2, 0) is 14.3 Å². The summed E-state index contributed by atoms with van der Waals surface area (Å²) >= 11 is 0. The third-order valence-electron chi connectivity index (χ3n) is 3.62. The van der Waals surface area contributed by atoms with Crippen molar-refractivity contribution in [1.29, 1.82) is 0 Å². The minimum atomic E-state index is -0.848. The van der Waals surface area contributed by atoms with Gasteiger partial charge in [0.25, 0.3) is 0 Å². The predicted octanol–water partition coefficient (Wildman–Crippen LogP) is 4.86. The van der Waals surface area contributed by atoms with E-state index in [-0.39, 0.29) is 5.97 Å². The number of carboxylic acids is 1. The molecule has 24 heavy (non-hydrogen) atoms. The maximum Gasteiger partial charge on any atom is 0.336 e. The van der Waals surface area contributed by atoms with E-state index in [4.69, 9.17) is 4.74 Å². The van der Waals surface area contributed by atoms with Gasteiger partial charge in [0.1, 0.15) is 5.76 Å². The van der Waals surface area contributed by atoms with E-state index in [1.54, 1.807) is 12.2 Å². The van der Waals surface area contributed by atoms with Crippen LogP contribution >= 0.6 is 0 Å². The van der Waals surface area contributed by atoms with Crippen molar-refractivity contribution in [2.45, 2.75) is 53.4 Å². The fraction of sp³-hybridized carbons (Fsp3) is 0.400. The summed E-state index contributed by atoms with van der Waals surface area (Å²) in [6.45, 7) is 7.81. The highest BCUT2D eigenvalue weighted by Crippen LogP contribution is 2.19. The van der Waals surface area contributed by atoms with E-state index in [1.165, 1.54) is 11.6 Å². The number of ether oxygens (including phenoxy) is 1. The van der Waals surface area contributed by atoms with E-state index >= 15 is 0 Å². The number of rotatable bonds is 8. The number of hydrogen-bond acceptors (Lipinski definition) is 3. The summed E-state index contributed by atoms with van der Waals surface area (Å²) in [6, 6.07) is 0. The molecule has 0 aromatic heterocycles. The summed E-state index contributed by atoms with van der Waals surface area (Å²) in [5.41, 5.74) is 3.57. The van der Waals surface area contributed by atoms with Crippen LogP contribution in [0.4, 0.5) is 0 Å². The molecule has 4 nitrogen and oxygen atoms in total. The first-order valence-electron chi connectivity index (χ1n) is 8.13. The summed E-state index contributed by atoms with van der Waals surface area (Å²) in [5, 5.41) is 9.24. The van der Waals surface area contributed by atoms with E-state index in [0.29, 0.717) is 24.2 Å². The van der Waals surface area contributed by atoms with Crippen LogP contribution in [0.1, 0.15) is 53.4 Å². The summed E-state index contributed by atoms with van der Waals surface area (Å²) in [5.74, 6) is -0.613. The number of esters is 1. The Balaban J connectivity index is 2.56. The molecule has 0 fully saturated rings. The molecule has 0 aromatic carbocycles. The number of hydrogen-bond donors (Lipinski definition) is 1. The molecule has 0 amide bonds. The third-order valence-corrected chi connectivity index (χ3v) is 3.62. The number of allylic oxidation sites excluding steroid dienone is 7. The van der Waals surface area contributed by atoms with Gasteiger partial charge < -0.3 is 9.84 Å².